The summed E-state index contributed by atoms with van der Waals surface area (Å²) in [5.74, 6) is 0. The van der Waals surface area contributed by atoms with Crippen LogP contribution in [0, 0.1) is 6.92 Å². The summed E-state index contributed by atoms with van der Waals surface area (Å²) in [5.41, 5.74) is 2.93. The first kappa shape index (κ1) is 13.2. The van der Waals surface area contributed by atoms with Crippen LogP contribution in [0.4, 0.5) is 0 Å². The van der Waals surface area contributed by atoms with Gasteiger partial charge >= 0.3 is 0 Å². The van der Waals surface area contributed by atoms with E-state index < -0.39 is 0 Å². The number of aryl methyl sites for hydroxylation is 1. The van der Waals surface area contributed by atoms with Crippen LogP contribution in [0.5, 0.6) is 0 Å². The molecule has 2 nitrogen and oxygen atoms in total. The Kier molecular flexibility index (Phi) is 4.97. The van der Waals surface area contributed by atoms with E-state index in [9.17, 15) is 0 Å². The standard InChI is InChI=1S/C14H24N2/c1-12-6-5-7-13(10-12)8-9-16-11-14(2,3)15-4/h5-7,10,15-16H,8-9,11H2,1-4H3. The van der Waals surface area contributed by atoms with Crippen molar-refractivity contribution in [1.29, 1.82) is 0 Å². The quantitative estimate of drug-likeness (QED) is 0.718. The molecular formula is C14H24N2. The molecule has 0 fully saturated rings. The second-order valence-corrected chi connectivity index (χ2v) is 5.05. The summed E-state index contributed by atoms with van der Waals surface area (Å²) in [6, 6.07) is 8.71. The number of rotatable bonds is 6. The van der Waals surface area contributed by atoms with Gasteiger partial charge in [-0.1, -0.05) is 29.8 Å². The van der Waals surface area contributed by atoms with Crippen molar-refractivity contribution in [1.82, 2.24) is 10.6 Å². The van der Waals surface area contributed by atoms with Gasteiger partial charge in [-0.05, 0) is 46.3 Å². The van der Waals surface area contributed by atoms with E-state index in [4.69, 9.17) is 0 Å². The number of hydrogen-bond acceptors (Lipinski definition) is 2. The van der Waals surface area contributed by atoms with Crippen molar-refractivity contribution in [2.24, 2.45) is 0 Å². The summed E-state index contributed by atoms with van der Waals surface area (Å²) in [4.78, 5) is 0. The fourth-order valence-electron chi connectivity index (χ4n) is 1.59. The predicted molar refractivity (Wildman–Crippen MR) is 70.9 cm³/mol. The monoisotopic (exact) mass is 220 g/mol. The lowest BCUT2D eigenvalue weighted by atomic mass is 10.1. The molecule has 1 rings (SSSR count). The first-order chi connectivity index (χ1) is 7.53. The van der Waals surface area contributed by atoms with Crippen molar-refractivity contribution in [3.63, 3.8) is 0 Å². The zero-order valence-electron chi connectivity index (χ0n) is 10.9. The van der Waals surface area contributed by atoms with E-state index in [1.165, 1.54) is 11.1 Å². The molecule has 0 aliphatic carbocycles. The van der Waals surface area contributed by atoms with Crippen molar-refractivity contribution in [2.75, 3.05) is 20.1 Å². The molecule has 0 aliphatic rings. The summed E-state index contributed by atoms with van der Waals surface area (Å²) in [7, 11) is 2.00. The molecule has 2 N–H and O–H groups in total. The highest BCUT2D eigenvalue weighted by atomic mass is 15.0. The minimum Gasteiger partial charge on any atom is -0.315 e. The average Bonchev–Trinajstić information content (AvgIpc) is 2.25. The Bertz CT molecular complexity index is 318. The predicted octanol–water partition coefficient (Wildman–Crippen LogP) is 2.13. The van der Waals surface area contributed by atoms with Crippen molar-refractivity contribution in [3.05, 3.63) is 35.4 Å². The second-order valence-electron chi connectivity index (χ2n) is 5.05. The van der Waals surface area contributed by atoms with Gasteiger partial charge in [-0.15, -0.1) is 0 Å². The topological polar surface area (TPSA) is 24.1 Å². The lowest BCUT2D eigenvalue weighted by Crippen LogP contribution is -2.46. The molecule has 90 valence electrons. The van der Waals surface area contributed by atoms with Crippen molar-refractivity contribution in [2.45, 2.75) is 32.7 Å². The van der Waals surface area contributed by atoms with Gasteiger partial charge in [0, 0.05) is 12.1 Å². The van der Waals surface area contributed by atoms with Crippen LogP contribution in [-0.2, 0) is 6.42 Å². The van der Waals surface area contributed by atoms with Crippen LogP contribution in [0.1, 0.15) is 25.0 Å². The molecule has 0 aliphatic heterocycles. The van der Waals surface area contributed by atoms with Crippen LogP contribution in [0.3, 0.4) is 0 Å². The minimum absolute atomic E-state index is 0.173. The van der Waals surface area contributed by atoms with Crippen LogP contribution in [0.25, 0.3) is 0 Å². The Morgan fingerprint density at radius 3 is 2.62 bits per heavy atom. The van der Waals surface area contributed by atoms with E-state index in [1.54, 1.807) is 0 Å². The van der Waals surface area contributed by atoms with Gasteiger partial charge in [0.15, 0.2) is 0 Å². The van der Waals surface area contributed by atoms with Gasteiger partial charge in [0.05, 0.1) is 0 Å². The van der Waals surface area contributed by atoms with Gasteiger partial charge in [-0.3, -0.25) is 0 Å². The molecule has 2 heteroatoms. The number of hydrogen-bond donors (Lipinski definition) is 2. The molecule has 0 unspecified atom stereocenters. The summed E-state index contributed by atoms with van der Waals surface area (Å²) in [5, 5.41) is 6.77. The second kappa shape index (κ2) is 6.02. The molecule has 0 saturated carbocycles. The zero-order chi connectivity index (χ0) is 12.0. The maximum atomic E-state index is 3.48. The lowest BCUT2D eigenvalue weighted by molar-refractivity contribution is 0.395. The molecule has 16 heavy (non-hydrogen) atoms. The van der Waals surface area contributed by atoms with Gasteiger partial charge in [0.1, 0.15) is 0 Å². The molecule has 0 amide bonds. The fourth-order valence-corrected chi connectivity index (χ4v) is 1.59. The van der Waals surface area contributed by atoms with E-state index in [0.717, 1.165) is 19.5 Å². The minimum atomic E-state index is 0.173. The van der Waals surface area contributed by atoms with E-state index in [0.29, 0.717) is 0 Å². The van der Waals surface area contributed by atoms with E-state index in [2.05, 4.69) is 55.7 Å². The highest BCUT2D eigenvalue weighted by Crippen LogP contribution is 2.04. The third-order valence-corrected chi connectivity index (χ3v) is 2.92. The van der Waals surface area contributed by atoms with Crippen molar-refractivity contribution >= 4 is 0 Å². The highest BCUT2D eigenvalue weighted by molar-refractivity contribution is 5.22. The Morgan fingerprint density at radius 2 is 2.00 bits per heavy atom. The van der Waals surface area contributed by atoms with Crippen molar-refractivity contribution < 1.29 is 0 Å². The van der Waals surface area contributed by atoms with Gasteiger partial charge in [0.2, 0.25) is 0 Å². The molecule has 0 bridgehead atoms. The first-order valence-electron chi connectivity index (χ1n) is 5.99. The van der Waals surface area contributed by atoms with Gasteiger partial charge < -0.3 is 10.6 Å². The first-order valence-corrected chi connectivity index (χ1v) is 5.99. The molecule has 0 aromatic heterocycles. The smallest absolute Gasteiger partial charge is 0.0246 e. The van der Waals surface area contributed by atoms with Crippen molar-refractivity contribution in [3.8, 4) is 0 Å². The third-order valence-electron chi connectivity index (χ3n) is 2.92. The van der Waals surface area contributed by atoms with Crippen LogP contribution in [0.2, 0.25) is 0 Å². The molecule has 0 heterocycles. The molecule has 1 aromatic rings. The summed E-state index contributed by atoms with van der Waals surface area (Å²) in [6.07, 6.45) is 1.10. The third kappa shape index (κ3) is 4.77. The fraction of sp³-hybridized carbons (Fsp3) is 0.571. The SMILES string of the molecule is CNC(C)(C)CNCCc1cccc(C)c1. The Morgan fingerprint density at radius 1 is 1.25 bits per heavy atom. The average molecular weight is 220 g/mol. The zero-order valence-corrected chi connectivity index (χ0v) is 10.9. The normalized spacial score (nSPS) is 11.8. The van der Waals surface area contributed by atoms with Gasteiger partial charge in [-0.25, -0.2) is 0 Å². The van der Waals surface area contributed by atoms with E-state index >= 15 is 0 Å². The lowest BCUT2D eigenvalue weighted by Gasteiger charge is -2.24. The van der Waals surface area contributed by atoms with Crippen LogP contribution in [0.15, 0.2) is 24.3 Å². The maximum absolute atomic E-state index is 3.48. The summed E-state index contributed by atoms with van der Waals surface area (Å²) in [6.45, 7) is 8.57. The molecule has 0 atom stereocenters. The molecule has 0 radical (unpaired) electrons. The Balaban J connectivity index is 2.26. The van der Waals surface area contributed by atoms with E-state index in [1.807, 2.05) is 7.05 Å². The molecular weight excluding hydrogens is 196 g/mol. The highest BCUT2D eigenvalue weighted by Gasteiger charge is 2.12. The molecule has 0 spiro atoms. The van der Waals surface area contributed by atoms with Gasteiger partial charge in [0.25, 0.3) is 0 Å². The number of likely N-dealkylation sites (N-methyl/N-ethyl adjacent to an activating group) is 1. The largest absolute Gasteiger partial charge is 0.315 e. The van der Waals surface area contributed by atoms with Crippen LogP contribution in [-0.4, -0.2) is 25.7 Å². The number of benzene rings is 1. The summed E-state index contributed by atoms with van der Waals surface area (Å²) >= 11 is 0. The van der Waals surface area contributed by atoms with Crippen LogP contribution >= 0.6 is 0 Å². The Labute approximate surface area is 99.5 Å². The van der Waals surface area contributed by atoms with Gasteiger partial charge in [-0.2, -0.15) is 0 Å². The number of nitrogens with one attached hydrogen (secondary N) is 2. The van der Waals surface area contributed by atoms with E-state index in [-0.39, 0.29) is 5.54 Å². The molecule has 0 saturated heterocycles. The maximum Gasteiger partial charge on any atom is 0.0246 e. The molecule has 1 aromatic carbocycles. The Hall–Kier alpha value is -0.860. The summed E-state index contributed by atoms with van der Waals surface area (Å²) < 4.78 is 0. The van der Waals surface area contributed by atoms with Crippen LogP contribution < -0.4 is 10.6 Å².